The van der Waals surface area contributed by atoms with E-state index in [1.807, 2.05) is 68.4 Å². The zero-order valence-electron chi connectivity index (χ0n) is 15.1. The first-order valence-electron chi connectivity index (χ1n) is 8.54. The van der Waals surface area contributed by atoms with Crippen LogP contribution in [0.4, 0.5) is 11.5 Å². The summed E-state index contributed by atoms with van der Waals surface area (Å²) in [6.45, 7) is 2.83. The third-order valence-electron chi connectivity index (χ3n) is 4.46. The van der Waals surface area contributed by atoms with Gasteiger partial charge >= 0.3 is 0 Å². The molecule has 0 aliphatic carbocycles. The topological polar surface area (TPSA) is 58.6 Å². The number of pyridine rings is 2. The van der Waals surface area contributed by atoms with E-state index in [1.165, 1.54) is 0 Å². The molecule has 6 heteroatoms. The van der Waals surface area contributed by atoms with Crippen LogP contribution in [-0.2, 0) is 0 Å². The Kier molecular flexibility index (Phi) is 3.95. The van der Waals surface area contributed by atoms with E-state index in [4.69, 9.17) is 4.74 Å². The van der Waals surface area contributed by atoms with Gasteiger partial charge in [0.05, 0.1) is 17.6 Å². The lowest BCUT2D eigenvalue weighted by Crippen LogP contribution is -2.38. The molecule has 3 aromatic rings. The molecule has 0 radical (unpaired) electrons. The van der Waals surface area contributed by atoms with Crippen molar-refractivity contribution in [3.8, 4) is 5.88 Å². The van der Waals surface area contributed by atoms with Gasteiger partial charge in [-0.2, -0.15) is 0 Å². The number of amides is 1. The Morgan fingerprint density at radius 2 is 1.96 bits per heavy atom. The molecule has 0 saturated heterocycles. The first-order chi connectivity index (χ1) is 12.5. The molecule has 0 N–H and O–H groups in total. The molecule has 0 spiro atoms. The Hall–Kier alpha value is -3.15. The molecule has 0 saturated carbocycles. The number of aromatic nitrogens is 2. The molecular weight excluding hydrogens is 328 g/mol. The number of hydrogen-bond acceptors (Lipinski definition) is 5. The number of rotatable bonds is 2. The summed E-state index contributed by atoms with van der Waals surface area (Å²) < 4.78 is 5.64. The van der Waals surface area contributed by atoms with Gasteiger partial charge in [0.25, 0.3) is 5.91 Å². The molecule has 0 fully saturated rings. The van der Waals surface area contributed by atoms with Gasteiger partial charge in [0.2, 0.25) is 5.88 Å². The average Bonchev–Trinajstić information content (AvgIpc) is 2.65. The number of aryl methyl sites for hydroxylation is 1. The van der Waals surface area contributed by atoms with E-state index in [0.29, 0.717) is 30.3 Å². The fraction of sp³-hybridized carbons (Fsp3) is 0.250. The molecule has 132 valence electrons. The molecule has 0 unspecified atom stereocenters. The molecule has 1 amide bonds. The lowest BCUT2D eigenvalue weighted by Gasteiger charge is -2.29. The quantitative estimate of drug-likeness (QED) is 0.712. The number of ether oxygens (including phenoxy) is 1. The van der Waals surface area contributed by atoms with Gasteiger partial charge in [0.15, 0.2) is 0 Å². The minimum atomic E-state index is -0.0677. The van der Waals surface area contributed by atoms with Gasteiger partial charge in [-0.3, -0.25) is 4.79 Å². The van der Waals surface area contributed by atoms with Crippen molar-refractivity contribution in [2.75, 3.05) is 37.0 Å². The largest absolute Gasteiger partial charge is 0.474 e. The van der Waals surface area contributed by atoms with Gasteiger partial charge in [0.1, 0.15) is 18.1 Å². The van der Waals surface area contributed by atoms with E-state index in [1.54, 1.807) is 4.90 Å². The highest BCUT2D eigenvalue weighted by atomic mass is 16.5. The van der Waals surface area contributed by atoms with Gasteiger partial charge in [0, 0.05) is 25.2 Å². The summed E-state index contributed by atoms with van der Waals surface area (Å²) in [5.74, 6) is 1.19. The summed E-state index contributed by atoms with van der Waals surface area (Å²) in [7, 11) is 3.84. The van der Waals surface area contributed by atoms with Crippen LogP contribution in [0.2, 0.25) is 0 Å². The molecule has 1 aliphatic heterocycles. The fourth-order valence-corrected chi connectivity index (χ4v) is 3.12. The van der Waals surface area contributed by atoms with Crippen molar-refractivity contribution in [2.45, 2.75) is 6.92 Å². The predicted octanol–water partition coefficient (Wildman–Crippen LogP) is 3.04. The SMILES string of the molecule is Cc1ccc2c(n1)OCCN2C(=O)c1cc(N(C)C)nc2ccccc12. The average molecular weight is 348 g/mol. The van der Waals surface area contributed by atoms with Crippen LogP contribution in [0.1, 0.15) is 16.1 Å². The van der Waals surface area contributed by atoms with E-state index in [0.717, 1.165) is 22.4 Å². The number of anilines is 2. The number of benzene rings is 1. The van der Waals surface area contributed by atoms with E-state index < -0.39 is 0 Å². The molecule has 26 heavy (non-hydrogen) atoms. The van der Waals surface area contributed by atoms with Crippen molar-refractivity contribution in [3.63, 3.8) is 0 Å². The first-order valence-corrected chi connectivity index (χ1v) is 8.54. The molecule has 4 rings (SSSR count). The number of para-hydroxylation sites is 1. The van der Waals surface area contributed by atoms with E-state index in [2.05, 4.69) is 9.97 Å². The Morgan fingerprint density at radius 3 is 2.77 bits per heavy atom. The van der Waals surface area contributed by atoms with Crippen molar-refractivity contribution in [3.05, 3.63) is 53.7 Å². The number of carbonyl (C=O) groups excluding carboxylic acids is 1. The molecular formula is C20H20N4O2. The Bertz CT molecular complexity index is 1000. The maximum atomic E-state index is 13.4. The van der Waals surface area contributed by atoms with E-state index in [-0.39, 0.29) is 5.91 Å². The standard InChI is InChI=1S/C20H20N4O2/c1-13-8-9-17-19(21-13)26-11-10-24(17)20(25)15-12-18(23(2)3)22-16-7-5-4-6-14(15)16/h4-9,12H,10-11H2,1-3H3. The fourth-order valence-electron chi connectivity index (χ4n) is 3.12. The van der Waals surface area contributed by atoms with Crippen LogP contribution in [0.25, 0.3) is 10.9 Å². The van der Waals surface area contributed by atoms with Crippen LogP contribution < -0.4 is 14.5 Å². The second-order valence-electron chi connectivity index (χ2n) is 6.52. The third-order valence-corrected chi connectivity index (χ3v) is 4.46. The van der Waals surface area contributed by atoms with Gasteiger partial charge in [-0.05, 0) is 31.2 Å². The normalized spacial score (nSPS) is 13.3. The maximum absolute atomic E-state index is 13.4. The summed E-state index contributed by atoms with van der Waals surface area (Å²) in [6, 6.07) is 13.4. The molecule has 3 heterocycles. The van der Waals surface area contributed by atoms with Crippen molar-refractivity contribution in [2.24, 2.45) is 0 Å². The third kappa shape index (κ3) is 2.73. The summed E-state index contributed by atoms with van der Waals surface area (Å²) in [6.07, 6.45) is 0. The van der Waals surface area contributed by atoms with Crippen LogP contribution in [-0.4, -0.2) is 43.1 Å². The zero-order chi connectivity index (χ0) is 18.3. The van der Waals surface area contributed by atoms with Crippen molar-refractivity contribution < 1.29 is 9.53 Å². The second-order valence-corrected chi connectivity index (χ2v) is 6.52. The smallest absolute Gasteiger partial charge is 0.259 e. The van der Waals surface area contributed by atoms with Gasteiger partial charge < -0.3 is 14.5 Å². The van der Waals surface area contributed by atoms with Gasteiger partial charge in [-0.15, -0.1) is 0 Å². The van der Waals surface area contributed by atoms with Crippen molar-refractivity contribution >= 4 is 28.3 Å². The number of hydrogen-bond donors (Lipinski definition) is 0. The molecule has 2 aromatic heterocycles. The van der Waals surface area contributed by atoms with Crippen LogP contribution >= 0.6 is 0 Å². The van der Waals surface area contributed by atoms with Crippen LogP contribution in [0.15, 0.2) is 42.5 Å². The Labute approximate surface area is 152 Å². The highest BCUT2D eigenvalue weighted by molar-refractivity contribution is 6.14. The number of fused-ring (bicyclic) bond motifs is 2. The first kappa shape index (κ1) is 16.3. The maximum Gasteiger partial charge on any atom is 0.259 e. The summed E-state index contributed by atoms with van der Waals surface area (Å²) >= 11 is 0. The highest BCUT2D eigenvalue weighted by Gasteiger charge is 2.27. The molecule has 1 aromatic carbocycles. The molecule has 1 aliphatic rings. The molecule has 0 bridgehead atoms. The van der Waals surface area contributed by atoms with Crippen LogP contribution in [0, 0.1) is 6.92 Å². The van der Waals surface area contributed by atoms with Crippen LogP contribution in [0.5, 0.6) is 5.88 Å². The monoisotopic (exact) mass is 348 g/mol. The minimum absolute atomic E-state index is 0.0677. The number of nitrogens with zero attached hydrogens (tertiary/aromatic N) is 4. The van der Waals surface area contributed by atoms with E-state index in [9.17, 15) is 4.79 Å². The summed E-state index contributed by atoms with van der Waals surface area (Å²) in [4.78, 5) is 26.1. The lowest BCUT2D eigenvalue weighted by molar-refractivity contribution is 0.0977. The molecule has 0 atom stereocenters. The summed E-state index contributed by atoms with van der Waals surface area (Å²) in [5.41, 5.74) is 3.01. The van der Waals surface area contributed by atoms with Crippen molar-refractivity contribution in [1.82, 2.24) is 9.97 Å². The molecule has 6 nitrogen and oxygen atoms in total. The second kappa shape index (κ2) is 6.29. The summed E-state index contributed by atoms with van der Waals surface area (Å²) in [5, 5.41) is 0.844. The Morgan fingerprint density at radius 1 is 1.15 bits per heavy atom. The van der Waals surface area contributed by atoms with Gasteiger partial charge in [-0.25, -0.2) is 9.97 Å². The minimum Gasteiger partial charge on any atom is -0.474 e. The van der Waals surface area contributed by atoms with Gasteiger partial charge in [-0.1, -0.05) is 18.2 Å². The lowest BCUT2D eigenvalue weighted by atomic mass is 10.1. The highest BCUT2D eigenvalue weighted by Crippen LogP contribution is 2.32. The van der Waals surface area contributed by atoms with E-state index >= 15 is 0 Å². The Balaban J connectivity index is 1.85. The van der Waals surface area contributed by atoms with Crippen molar-refractivity contribution in [1.29, 1.82) is 0 Å². The van der Waals surface area contributed by atoms with Crippen LogP contribution in [0.3, 0.4) is 0 Å². The predicted molar refractivity (Wildman–Crippen MR) is 102 cm³/mol. The zero-order valence-corrected chi connectivity index (χ0v) is 15.1. The number of carbonyl (C=O) groups is 1.